The first-order chi connectivity index (χ1) is 10.2. The highest BCUT2D eigenvalue weighted by molar-refractivity contribution is 5.94. The minimum atomic E-state index is -0.0181. The van der Waals surface area contributed by atoms with Crippen LogP contribution in [0.2, 0.25) is 0 Å². The molecule has 1 N–H and O–H groups in total. The van der Waals surface area contributed by atoms with Gasteiger partial charge in [-0.15, -0.1) is 0 Å². The van der Waals surface area contributed by atoms with Crippen LogP contribution in [0.4, 0.5) is 0 Å². The van der Waals surface area contributed by atoms with Gasteiger partial charge in [0.15, 0.2) is 0 Å². The zero-order valence-electron chi connectivity index (χ0n) is 13.7. The molecule has 118 valence electrons. The van der Waals surface area contributed by atoms with Crippen molar-refractivity contribution in [3.8, 4) is 5.75 Å². The zero-order valence-corrected chi connectivity index (χ0v) is 13.7. The molecule has 0 aliphatic heterocycles. The minimum absolute atomic E-state index is 0.0181. The van der Waals surface area contributed by atoms with Crippen molar-refractivity contribution >= 4 is 5.91 Å². The Morgan fingerprint density at radius 2 is 1.76 bits per heavy atom. The number of rotatable bonds is 10. The van der Waals surface area contributed by atoms with E-state index in [0.29, 0.717) is 5.56 Å². The van der Waals surface area contributed by atoms with Crippen LogP contribution in [-0.2, 0) is 0 Å². The lowest BCUT2D eigenvalue weighted by atomic mass is 10.1. The second-order valence-corrected chi connectivity index (χ2v) is 5.57. The number of nitrogens with one attached hydrogen (secondary N) is 1. The Balaban J connectivity index is 2.31. The van der Waals surface area contributed by atoms with Gasteiger partial charge in [0.05, 0.1) is 6.61 Å². The molecule has 21 heavy (non-hydrogen) atoms. The van der Waals surface area contributed by atoms with Gasteiger partial charge in [-0.05, 0) is 44.0 Å². The van der Waals surface area contributed by atoms with Crippen LogP contribution in [0.15, 0.2) is 24.3 Å². The molecule has 1 aromatic rings. The number of ether oxygens (including phenoxy) is 1. The van der Waals surface area contributed by atoms with Crippen molar-refractivity contribution in [1.29, 1.82) is 0 Å². The summed E-state index contributed by atoms with van der Waals surface area (Å²) in [5, 5.41) is 2.96. The van der Waals surface area contributed by atoms with Gasteiger partial charge in [-0.2, -0.15) is 0 Å². The normalized spacial score (nSPS) is 12.0. The second-order valence-electron chi connectivity index (χ2n) is 5.57. The third kappa shape index (κ3) is 7.16. The molecule has 0 heterocycles. The van der Waals surface area contributed by atoms with E-state index in [2.05, 4.69) is 19.2 Å². The smallest absolute Gasteiger partial charge is 0.251 e. The molecule has 3 heteroatoms. The molecule has 0 bridgehead atoms. The fraction of sp³-hybridized carbons (Fsp3) is 0.611. The average molecular weight is 291 g/mol. The minimum Gasteiger partial charge on any atom is -0.494 e. The summed E-state index contributed by atoms with van der Waals surface area (Å²) in [7, 11) is 0. The van der Waals surface area contributed by atoms with Crippen LogP contribution in [0.25, 0.3) is 0 Å². The summed E-state index contributed by atoms with van der Waals surface area (Å²) < 4.78 is 5.69. The number of carbonyl (C=O) groups is 1. The molecule has 0 aliphatic carbocycles. The van der Waals surface area contributed by atoms with Crippen LogP contribution in [0, 0.1) is 0 Å². The van der Waals surface area contributed by atoms with E-state index in [4.69, 9.17) is 4.74 Å². The monoisotopic (exact) mass is 291 g/mol. The van der Waals surface area contributed by atoms with Crippen molar-refractivity contribution in [2.24, 2.45) is 0 Å². The van der Waals surface area contributed by atoms with E-state index >= 15 is 0 Å². The summed E-state index contributed by atoms with van der Waals surface area (Å²) in [6, 6.07) is 7.60. The van der Waals surface area contributed by atoms with E-state index in [1.165, 1.54) is 25.7 Å². The quantitative estimate of drug-likeness (QED) is 0.642. The molecule has 1 amide bonds. The van der Waals surface area contributed by atoms with Crippen molar-refractivity contribution in [2.75, 3.05) is 6.61 Å². The summed E-state index contributed by atoms with van der Waals surface area (Å²) in [4.78, 5) is 11.9. The predicted molar refractivity (Wildman–Crippen MR) is 87.9 cm³/mol. The van der Waals surface area contributed by atoms with Crippen molar-refractivity contribution in [3.63, 3.8) is 0 Å². The lowest BCUT2D eigenvalue weighted by molar-refractivity contribution is 0.0939. The highest BCUT2D eigenvalue weighted by Crippen LogP contribution is 2.13. The van der Waals surface area contributed by atoms with Gasteiger partial charge in [0.2, 0.25) is 0 Å². The van der Waals surface area contributed by atoms with Crippen molar-refractivity contribution in [1.82, 2.24) is 5.32 Å². The topological polar surface area (TPSA) is 38.3 Å². The Morgan fingerprint density at radius 3 is 2.38 bits per heavy atom. The first-order valence-corrected chi connectivity index (χ1v) is 8.21. The van der Waals surface area contributed by atoms with E-state index in [1.807, 2.05) is 31.2 Å². The molecular weight excluding hydrogens is 262 g/mol. The molecule has 0 radical (unpaired) electrons. The summed E-state index contributed by atoms with van der Waals surface area (Å²) in [6.45, 7) is 7.04. The molecule has 1 atom stereocenters. The van der Waals surface area contributed by atoms with Crippen LogP contribution in [0.3, 0.4) is 0 Å². The predicted octanol–water partition coefficient (Wildman–Crippen LogP) is 4.56. The van der Waals surface area contributed by atoms with E-state index in [1.54, 1.807) is 0 Å². The maximum atomic E-state index is 11.9. The lowest BCUT2D eigenvalue weighted by Crippen LogP contribution is -2.31. The molecule has 0 saturated heterocycles. The van der Waals surface area contributed by atoms with Crippen LogP contribution in [0.1, 0.15) is 69.7 Å². The van der Waals surface area contributed by atoms with Crippen molar-refractivity contribution in [3.05, 3.63) is 29.8 Å². The van der Waals surface area contributed by atoms with E-state index in [9.17, 15) is 4.79 Å². The third-order valence-corrected chi connectivity index (χ3v) is 3.62. The highest BCUT2D eigenvalue weighted by atomic mass is 16.5. The largest absolute Gasteiger partial charge is 0.494 e. The number of unbranched alkanes of at least 4 members (excludes halogenated alkanes) is 4. The maximum Gasteiger partial charge on any atom is 0.251 e. The molecule has 0 fully saturated rings. The number of benzene rings is 1. The Morgan fingerprint density at radius 1 is 1.10 bits per heavy atom. The molecular formula is C18H29NO2. The van der Waals surface area contributed by atoms with Crippen LogP contribution in [-0.4, -0.2) is 18.6 Å². The third-order valence-electron chi connectivity index (χ3n) is 3.62. The van der Waals surface area contributed by atoms with Crippen LogP contribution >= 0.6 is 0 Å². The van der Waals surface area contributed by atoms with E-state index in [0.717, 1.165) is 25.2 Å². The first kappa shape index (κ1) is 17.5. The lowest BCUT2D eigenvalue weighted by Gasteiger charge is -2.12. The SMILES string of the molecule is CCCCCCCOc1ccc(C(=O)N[C@H](C)CC)cc1. The molecule has 0 saturated carbocycles. The summed E-state index contributed by atoms with van der Waals surface area (Å²) in [5.74, 6) is 0.820. The number of hydrogen-bond acceptors (Lipinski definition) is 2. The molecule has 0 aliphatic rings. The number of hydrogen-bond donors (Lipinski definition) is 1. The summed E-state index contributed by atoms with van der Waals surface area (Å²) in [5.41, 5.74) is 0.686. The van der Waals surface area contributed by atoms with Crippen LogP contribution in [0.5, 0.6) is 5.75 Å². The molecule has 0 aromatic heterocycles. The highest BCUT2D eigenvalue weighted by Gasteiger charge is 2.08. The summed E-state index contributed by atoms with van der Waals surface area (Å²) in [6.07, 6.45) is 7.11. The maximum absolute atomic E-state index is 11.9. The van der Waals surface area contributed by atoms with Gasteiger partial charge >= 0.3 is 0 Å². The van der Waals surface area contributed by atoms with Gasteiger partial charge in [-0.1, -0.05) is 39.5 Å². The zero-order chi connectivity index (χ0) is 15.5. The second kappa shape index (κ2) is 10.3. The van der Waals surface area contributed by atoms with Gasteiger partial charge in [0.25, 0.3) is 5.91 Å². The Bertz CT molecular complexity index is 400. The van der Waals surface area contributed by atoms with Crippen LogP contribution < -0.4 is 10.1 Å². The molecule has 3 nitrogen and oxygen atoms in total. The summed E-state index contributed by atoms with van der Waals surface area (Å²) >= 11 is 0. The van der Waals surface area contributed by atoms with Crippen molar-refractivity contribution in [2.45, 2.75) is 65.3 Å². The first-order valence-electron chi connectivity index (χ1n) is 8.21. The molecule has 0 spiro atoms. The Kier molecular flexibility index (Phi) is 8.56. The number of carbonyl (C=O) groups excluding carboxylic acids is 1. The van der Waals surface area contributed by atoms with Gasteiger partial charge < -0.3 is 10.1 Å². The van der Waals surface area contributed by atoms with Gasteiger partial charge in [-0.25, -0.2) is 0 Å². The van der Waals surface area contributed by atoms with Gasteiger partial charge in [0.1, 0.15) is 5.75 Å². The fourth-order valence-electron chi connectivity index (χ4n) is 2.01. The van der Waals surface area contributed by atoms with Gasteiger partial charge in [-0.3, -0.25) is 4.79 Å². The fourth-order valence-corrected chi connectivity index (χ4v) is 2.01. The standard InChI is InChI=1S/C18H29NO2/c1-4-6-7-8-9-14-21-17-12-10-16(11-13-17)18(20)19-15(3)5-2/h10-13,15H,4-9,14H2,1-3H3,(H,19,20)/t15-/m1/s1. The van der Waals surface area contributed by atoms with Crippen molar-refractivity contribution < 1.29 is 9.53 Å². The Labute approximate surface area is 129 Å². The van der Waals surface area contributed by atoms with E-state index < -0.39 is 0 Å². The molecule has 0 unspecified atom stereocenters. The van der Waals surface area contributed by atoms with E-state index in [-0.39, 0.29) is 11.9 Å². The number of amides is 1. The van der Waals surface area contributed by atoms with Gasteiger partial charge in [0, 0.05) is 11.6 Å². The Hall–Kier alpha value is -1.51. The molecule has 1 rings (SSSR count). The average Bonchev–Trinajstić information content (AvgIpc) is 2.51. The molecule has 1 aromatic carbocycles.